The van der Waals surface area contributed by atoms with Crippen molar-refractivity contribution >= 4 is 0 Å². The molecule has 0 unspecified atom stereocenters. The predicted octanol–water partition coefficient (Wildman–Crippen LogP) is 5.05. The van der Waals surface area contributed by atoms with Crippen LogP contribution in [0.25, 0.3) is 0 Å². The number of aromatic hydroxyl groups is 1. The van der Waals surface area contributed by atoms with Gasteiger partial charge in [-0.1, -0.05) is 52.2 Å². The Bertz CT molecular complexity index is 420. The van der Waals surface area contributed by atoms with E-state index in [0.717, 1.165) is 11.1 Å². The minimum absolute atomic E-state index is 0.0134. The van der Waals surface area contributed by atoms with E-state index in [9.17, 15) is 5.11 Å². The van der Waals surface area contributed by atoms with Gasteiger partial charge in [0, 0.05) is 0 Å². The lowest BCUT2D eigenvalue weighted by atomic mass is 9.79. The number of benzene rings is 1. The second-order valence-corrected chi connectivity index (χ2v) is 6.82. The molecular formula is C17H26O. The highest BCUT2D eigenvalue weighted by atomic mass is 16.3. The van der Waals surface area contributed by atoms with Crippen LogP contribution < -0.4 is 0 Å². The molecule has 0 bridgehead atoms. The van der Waals surface area contributed by atoms with Crippen LogP contribution >= 0.6 is 0 Å². The smallest absolute Gasteiger partial charge is 0.122 e. The highest BCUT2D eigenvalue weighted by Crippen LogP contribution is 2.39. The van der Waals surface area contributed by atoms with Crippen LogP contribution in [0.1, 0.15) is 75.5 Å². The first-order valence-electron chi connectivity index (χ1n) is 7.23. The molecule has 0 aromatic heterocycles. The molecule has 1 nitrogen and oxygen atoms in total. The Kier molecular flexibility index (Phi) is 3.70. The Labute approximate surface area is 111 Å². The lowest BCUT2D eigenvalue weighted by molar-refractivity contribution is 0.430. The summed E-state index contributed by atoms with van der Waals surface area (Å²) in [6.07, 6.45) is 6.73. The first-order chi connectivity index (χ1) is 8.39. The number of hydrogen-bond donors (Lipinski definition) is 1. The van der Waals surface area contributed by atoms with Gasteiger partial charge in [0.1, 0.15) is 5.75 Å². The number of hydrogen-bond acceptors (Lipinski definition) is 1. The van der Waals surface area contributed by atoms with E-state index in [1.165, 1.54) is 37.7 Å². The summed E-state index contributed by atoms with van der Waals surface area (Å²) in [5, 5.41) is 10.3. The fraction of sp³-hybridized carbons (Fsp3) is 0.647. The summed E-state index contributed by atoms with van der Waals surface area (Å²) in [6.45, 7) is 8.54. The molecule has 0 saturated heterocycles. The highest BCUT2D eigenvalue weighted by Gasteiger charge is 2.23. The Morgan fingerprint density at radius 1 is 1.06 bits per heavy atom. The Morgan fingerprint density at radius 3 is 2.22 bits per heavy atom. The van der Waals surface area contributed by atoms with Crippen molar-refractivity contribution in [2.75, 3.05) is 0 Å². The minimum atomic E-state index is 0.0134. The molecule has 18 heavy (non-hydrogen) atoms. The molecule has 1 saturated carbocycles. The first kappa shape index (κ1) is 13.5. The summed E-state index contributed by atoms with van der Waals surface area (Å²) in [5.41, 5.74) is 3.58. The van der Waals surface area contributed by atoms with E-state index >= 15 is 0 Å². The van der Waals surface area contributed by atoms with Crippen LogP contribution in [0.2, 0.25) is 0 Å². The quantitative estimate of drug-likeness (QED) is 0.735. The molecule has 100 valence electrons. The third kappa shape index (κ3) is 2.71. The standard InChI is InChI=1S/C17H26O/c1-12-10-14(13-8-6-5-7-9-13)11-15(16(12)18)17(2,3)4/h10-11,13,18H,5-9H2,1-4H3. The van der Waals surface area contributed by atoms with Crippen LogP contribution in [0, 0.1) is 6.92 Å². The zero-order valence-electron chi connectivity index (χ0n) is 12.2. The molecule has 0 amide bonds. The number of phenols is 1. The number of phenolic OH excluding ortho intramolecular Hbond substituents is 1. The normalized spacial score (nSPS) is 18.0. The van der Waals surface area contributed by atoms with Crippen LogP contribution in [0.15, 0.2) is 12.1 Å². The zero-order valence-corrected chi connectivity index (χ0v) is 12.2. The van der Waals surface area contributed by atoms with E-state index in [4.69, 9.17) is 0 Å². The van der Waals surface area contributed by atoms with Crippen molar-refractivity contribution in [3.8, 4) is 5.75 Å². The molecule has 0 atom stereocenters. The second-order valence-electron chi connectivity index (χ2n) is 6.82. The van der Waals surface area contributed by atoms with Crippen molar-refractivity contribution in [1.82, 2.24) is 0 Å². The number of rotatable bonds is 1. The van der Waals surface area contributed by atoms with E-state index in [2.05, 4.69) is 32.9 Å². The maximum atomic E-state index is 10.3. The lowest BCUT2D eigenvalue weighted by Crippen LogP contribution is -2.14. The first-order valence-corrected chi connectivity index (χ1v) is 7.23. The summed E-state index contributed by atoms with van der Waals surface area (Å²) in [6, 6.07) is 4.44. The third-order valence-corrected chi connectivity index (χ3v) is 4.21. The Balaban J connectivity index is 2.40. The van der Waals surface area contributed by atoms with Crippen molar-refractivity contribution < 1.29 is 5.11 Å². The Hall–Kier alpha value is -0.980. The summed E-state index contributed by atoms with van der Waals surface area (Å²) in [5.74, 6) is 1.20. The predicted molar refractivity (Wildman–Crippen MR) is 77.4 cm³/mol. The van der Waals surface area contributed by atoms with Crippen LogP contribution in [-0.2, 0) is 5.41 Å². The van der Waals surface area contributed by atoms with Crippen molar-refractivity contribution in [3.63, 3.8) is 0 Å². The molecule has 1 aromatic carbocycles. The van der Waals surface area contributed by atoms with Crippen LogP contribution in [0.3, 0.4) is 0 Å². The molecule has 1 N–H and O–H groups in total. The molecule has 1 fully saturated rings. The minimum Gasteiger partial charge on any atom is -0.507 e. The summed E-state index contributed by atoms with van der Waals surface area (Å²) in [7, 11) is 0. The van der Waals surface area contributed by atoms with Gasteiger partial charge < -0.3 is 5.11 Å². The van der Waals surface area contributed by atoms with Gasteiger partial charge in [-0.3, -0.25) is 0 Å². The van der Waals surface area contributed by atoms with Gasteiger partial charge >= 0.3 is 0 Å². The van der Waals surface area contributed by atoms with Gasteiger partial charge in [0.25, 0.3) is 0 Å². The Morgan fingerprint density at radius 2 is 1.67 bits per heavy atom. The highest BCUT2D eigenvalue weighted by molar-refractivity contribution is 5.47. The molecule has 2 rings (SSSR count). The fourth-order valence-electron chi connectivity index (χ4n) is 3.05. The largest absolute Gasteiger partial charge is 0.507 e. The maximum Gasteiger partial charge on any atom is 0.122 e. The lowest BCUT2D eigenvalue weighted by Gasteiger charge is -2.27. The molecule has 1 aliphatic carbocycles. The molecule has 0 spiro atoms. The SMILES string of the molecule is Cc1cc(C2CCCCC2)cc(C(C)(C)C)c1O. The zero-order chi connectivity index (χ0) is 13.3. The molecule has 1 heteroatoms. The van der Waals surface area contributed by atoms with Crippen LogP contribution in [0.5, 0.6) is 5.75 Å². The van der Waals surface area contributed by atoms with E-state index in [0.29, 0.717) is 11.7 Å². The van der Waals surface area contributed by atoms with Gasteiger partial charge in [-0.2, -0.15) is 0 Å². The van der Waals surface area contributed by atoms with Crippen molar-refractivity contribution in [1.29, 1.82) is 0 Å². The van der Waals surface area contributed by atoms with Crippen LogP contribution in [0.4, 0.5) is 0 Å². The van der Waals surface area contributed by atoms with Gasteiger partial charge in [0.05, 0.1) is 0 Å². The van der Waals surface area contributed by atoms with E-state index in [1.807, 2.05) is 6.92 Å². The van der Waals surface area contributed by atoms with E-state index in [1.54, 1.807) is 0 Å². The summed E-state index contributed by atoms with van der Waals surface area (Å²) < 4.78 is 0. The van der Waals surface area contributed by atoms with Crippen molar-refractivity contribution in [3.05, 3.63) is 28.8 Å². The molecule has 0 radical (unpaired) electrons. The molecule has 1 aliphatic rings. The monoisotopic (exact) mass is 246 g/mol. The summed E-state index contributed by atoms with van der Waals surface area (Å²) in [4.78, 5) is 0. The van der Waals surface area contributed by atoms with Crippen LogP contribution in [-0.4, -0.2) is 5.11 Å². The van der Waals surface area contributed by atoms with E-state index < -0.39 is 0 Å². The fourth-order valence-corrected chi connectivity index (χ4v) is 3.05. The molecule has 0 heterocycles. The topological polar surface area (TPSA) is 20.2 Å². The van der Waals surface area contributed by atoms with Gasteiger partial charge in [-0.05, 0) is 47.8 Å². The van der Waals surface area contributed by atoms with Gasteiger partial charge in [0.2, 0.25) is 0 Å². The van der Waals surface area contributed by atoms with Crippen molar-refractivity contribution in [2.45, 2.75) is 71.1 Å². The molecular weight excluding hydrogens is 220 g/mol. The van der Waals surface area contributed by atoms with Gasteiger partial charge in [-0.15, -0.1) is 0 Å². The average Bonchev–Trinajstić information content (AvgIpc) is 2.32. The van der Waals surface area contributed by atoms with Gasteiger partial charge in [-0.25, -0.2) is 0 Å². The summed E-state index contributed by atoms with van der Waals surface area (Å²) >= 11 is 0. The van der Waals surface area contributed by atoms with Gasteiger partial charge in [0.15, 0.2) is 0 Å². The van der Waals surface area contributed by atoms with Crippen molar-refractivity contribution in [2.24, 2.45) is 0 Å². The number of aryl methyl sites for hydroxylation is 1. The maximum absolute atomic E-state index is 10.3. The molecule has 0 aliphatic heterocycles. The third-order valence-electron chi connectivity index (χ3n) is 4.21. The average molecular weight is 246 g/mol. The van der Waals surface area contributed by atoms with E-state index in [-0.39, 0.29) is 5.41 Å². The molecule has 1 aromatic rings. The second kappa shape index (κ2) is 4.95.